The smallest absolute Gasteiger partial charge is 0.0907 e. The highest BCUT2D eigenvalue weighted by Gasteiger charge is 2.22. The molecule has 1 fully saturated rings. The first kappa shape index (κ1) is 11.5. The molecule has 0 bridgehead atoms. The molecule has 1 saturated carbocycles. The molecule has 0 aliphatic heterocycles. The number of benzene rings is 1. The number of rotatable bonds is 3. The van der Waals surface area contributed by atoms with E-state index in [1.807, 2.05) is 6.07 Å². The van der Waals surface area contributed by atoms with E-state index in [0.29, 0.717) is 6.04 Å². The summed E-state index contributed by atoms with van der Waals surface area (Å²) >= 11 is 0. The summed E-state index contributed by atoms with van der Waals surface area (Å²) in [5.74, 6) is 0.905. The van der Waals surface area contributed by atoms with E-state index in [2.05, 4.69) is 34.3 Å². The third kappa shape index (κ3) is 2.30. The lowest BCUT2D eigenvalue weighted by Crippen LogP contribution is -2.15. The minimum absolute atomic E-state index is 0.629. The monoisotopic (exact) mass is 241 g/mol. The molecule has 0 amide bonds. The van der Waals surface area contributed by atoms with Crippen LogP contribution in [0.4, 0.5) is 5.69 Å². The van der Waals surface area contributed by atoms with Crippen LogP contribution in [0, 0.1) is 5.92 Å². The molecule has 2 atom stereocenters. The van der Waals surface area contributed by atoms with Gasteiger partial charge in [-0.2, -0.15) is 0 Å². The summed E-state index contributed by atoms with van der Waals surface area (Å²) in [6.45, 7) is 2.29. The average Bonchev–Trinajstić information content (AvgIpc) is 2.86. The van der Waals surface area contributed by atoms with Gasteiger partial charge in [-0.15, -0.1) is 0 Å². The molecule has 1 aromatic heterocycles. The molecule has 0 spiro atoms. The summed E-state index contributed by atoms with van der Waals surface area (Å²) < 4.78 is 0. The summed E-state index contributed by atoms with van der Waals surface area (Å²) in [5.41, 5.74) is 3.10. The second-order valence-electron chi connectivity index (χ2n) is 5.19. The Balaban J connectivity index is 1.75. The number of hydrogen-bond donors (Lipinski definition) is 1. The molecule has 3 nitrogen and oxygen atoms in total. The quantitative estimate of drug-likeness (QED) is 0.891. The maximum atomic E-state index is 4.35. The lowest BCUT2D eigenvalue weighted by molar-refractivity contribution is 0.525. The van der Waals surface area contributed by atoms with Crippen LogP contribution in [-0.2, 0) is 0 Å². The van der Waals surface area contributed by atoms with Gasteiger partial charge in [0, 0.05) is 24.1 Å². The fraction of sp³-hybridized carbons (Fsp3) is 0.467. The zero-order chi connectivity index (χ0) is 12.4. The zero-order valence-corrected chi connectivity index (χ0v) is 10.8. The second-order valence-corrected chi connectivity index (χ2v) is 5.19. The maximum absolute atomic E-state index is 4.35. The Kier molecular flexibility index (Phi) is 3.13. The first-order valence-electron chi connectivity index (χ1n) is 6.82. The van der Waals surface area contributed by atoms with Crippen LogP contribution in [0.1, 0.15) is 32.6 Å². The van der Waals surface area contributed by atoms with Gasteiger partial charge in [0.15, 0.2) is 0 Å². The van der Waals surface area contributed by atoms with Crippen LogP contribution in [-0.4, -0.2) is 16.0 Å². The molecule has 2 aromatic rings. The van der Waals surface area contributed by atoms with Crippen LogP contribution < -0.4 is 5.32 Å². The number of fused-ring (bicyclic) bond motifs is 1. The Morgan fingerprint density at radius 3 is 2.78 bits per heavy atom. The van der Waals surface area contributed by atoms with Crippen molar-refractivity contribution in [2.45, 2.75) is 38.6 Å². The largest absolute Gasteiger partial charge is 0.382 e. The molecule has 2 unspecified atom stereocenters. The zero-order valence-electron chi connectivity index (χ0n) is 10.8. The van der Waals surface area contributed by atoms with Crippen molar-refractivity contribution in [2.75, 3.05) is 5.32 Å². The molecule has 0 saturated heterocycles. The van der Waals surface area contributed by atoms with Gasteiger partial charge < -0.3 is 5.32 Å². The van der Waals surface area contributed by atoms with Crippen molar-refractivity contribution in [3.63, 3.8) is 0 Å². The molecule has 1 aliphatic carbocycles. The van der Waals surface area contributed by atoms with Crippen molar-refractivity contribution < 1.29 is 0 Å². The molecule has 18 heavy (non-hydrogen) atoms. The number of nitrogens with zero attached hydrogens (tertiary/aromatic N) is 2. The van der Waals surface area contributed by atoms with Crippen LogP contribution in [0.2, 0.25) is 0 Å². The predicted octanol–water partition coefficient (Wildman–Crippen LogP) is 3.62. The summed E-state index contributed by atoms with van der Waals surface area (Å²) in [6.07, 6.45) is 8.74. The Hall–Kier alpha value is -1.64. The topological polar surface area (TPSA) is 37.8 Å². The van der Waals surface area contributed by atoms with Crippen molar-refractivity contribution in [3.05, 3.63) is 30.6 Å². The SMILES string of the molecule is CCC1CCC(Nc2ccc3nccnc3c2)C1. The van der Waals surface area contributed by atoms with E-state index in [-0.39, 0.29) is 0 Å². The molecule has 1 N–H and O–H groups in total. The number of hydrogen-bond acceptors (Lipinski definition) is 3. The van der Waals surface area contributed by atoms with Crippen molar-refractivity contribution in [3.8, 4) is 0 Å². The van der Waals surface area contributed by atoms with E-state index >= 15 is 0 Å². The standard InChI is InChI=1S/C15H19N3/c1-2-11-3-4-12(9-11)18-13-5-6-14-15(10-13)17-8-7-16-14/h5-8,10-12,18H,2-4,9H2,1H3. The van der Waals surface area contributed by atoms with Crippen LogP contribution in [0.15, 0.2) is 30.6 Å². The minimum Gasteiger partial charge on any atom is -0.382 e. The van der Waals surface area contributed by atoms with E-state index < -0.39 is 0 Å². The molecule has 1 aromatic carbocycles. The fourth-order valence-electron chi connectivity index (χ4n) is 2.87. The van der Waals surface area contributed by atoms with Gasteiger partial charge in [-0.25, -0.2) is 0 Å². The highest BCUT2D eigenvalue weighted by Crippen LogP contribution is 2.30. The Bertz CT molecular complexity index is 538. The third-order valence-electron chi connectivity index (χ3n) is 3.96. The van der Waals surface area contributed by atoms with Gasteiger partial charge in [-0.05, 0) is 43.4 Å². The first-order chi connectivity index (χ1) is 8.85. The molecule has 3 heteroatoms. The van der Waals surface area contributed by atoms with Gasteiger partial charge in [0.1, 0.15) is 0 Å². The van der Waals surface area contributed by atoms with Gasteiger partial charge in [-0.1, -0.05) is 13.3 Å². The van der Waals surface area contributed by atoms with Gasteiger partial charge >= 0.3 is 0 Å². The van der Waals surface area contributed by atoms with Gasteiger partial charge in [0.2, 0.25) is 0 Å². The van der Waals surface area contributed by atoms with E-state index in [4.69, 9.17) is 0 Å². The number of aromatic nitrogens is 2. The van der Waals surface area contributed by atoms with Gasteiger partial charge in [0.25, 0.3) is 0 Å². The lowest BCUT2D eigenvalue weighted by Gasteiger charge is -2.14. The van der Waals surface area contributed by atoms with E-state index in [9.17, 15) is 0 Å². The Morgan fingerprint density at radius 2 is 2.00 bits per heavy atom. The Labute approximate surface area is 108 Å². The van der Waals surface area contributed by atoms with Gasteiger partial charge in [0.05, 0.1) is 11.0 Å². The van der Waals surface area contributed by atoms with Crippen molar-refractivity contribution >= 4 is 16.7 Å². The summed E-state index contributed by atoms with van der Waals surface area (Å²) in [5, 5.41) is 3.63. The highest BCUT2D eigenvalue weighted by molar-refractivity contribution is 5.78. The first-order valence-corrected chi connectivity index (χ1v) is 6.82. The maximum Gasteiger partial charge on any atom is 0.0907 e. The fourth-order valence-corrected chi connectivity index (χ4v) is 2.87. The molecule has 0 radical (unpaired) electrons. The van der Waals surface area contributed by atoms with Crippen LogP contribution in [0.25, 0.3) is 11.0 Å². The average molecular weight is 241 g/mol. The lowest BCUT2D eigenvalue weighted by atomic mass is 10.1. The van der Waals surface area contributed by atoms with E-state index in [1.54, 1.807) is 12.4 Å². The molecule has 1 heterocycles. The van der Waals surface area contributed by atoms with E-state index in [1.165, 1.54) is 31.4 Å². The van der Waals surface area contributed by atoms with Crippen molar-refractivity contribution in [1.82, 2.24) is 9.97 Å². The molecule has 1 aliphatic rings. The summed E-state index contributed by atoms with van der Waals surface area (Å²) in [7, 11) is 0. The van der Waals surface area contributed by atoms with Crippen molar-refractivity contribution in [1.29, 1.82) is 0 Å². The summed E-state index contributed by atoms with van der Waals surface area (Å²) in [4.78, 5) is 8.63. The Morgan fingerprint density at radius 1 is 1.17 bits per heavy atom. The number of nitrogens with one attached hydrogen (secondary N) is 1. The predicted molar refractivity (Wildman–Crippen MR) is 74.6 cm³/mol. The van der Waals surface area contributed by atoms with Crippen LogP contribution >= 0.6 is 0 Å². The van der Waals surface area contributed by atoms with Crippen LogP contribution in [0.5, 0.6) is 0 Å². The minimum atomic E-state index is 0.629. The number of anilines is 1. The van der Waals surface area contributed by atoms with E-state index in [0.717, 1.165) is 17.0 Å². The normalized spacial score (nSPS) is 23.4. The molecular formula is C15H19N3. The van der Waals surface area contributed by atoms with Gasteiger partial charge in [-0.3, -0.25) is 9.97 Å². The van der Waals surface area contributed by atoms with Crippen LogP contribution in [0.3, 0.4) is 0 Å². The molecular weight excluding hydrogens is 222 g/mol. The molecule has 3 rings (SSSR count). The second kappa shape index (κ2) is 4.92. The third-order valence-corrected chi connectivity index (χ3v) is 3.96. The van der Waals surface area contributed by atoms with Crippen molar-refractivity contribution in [2.24, 2.45) is 5.92 Å². The summed E-state index contributed by atoms with van der Waals surface area (Å²) in [6, 6.07) is 6.87. The molecule has 94 valence electrons. The highest BCUT2D eigenvalue weighted by atomic mass is 14.9.